The molecule has 1 saturated heterocycles. The maximum atomic E-state index is 4.82. The molecule has 0 aromatic carbocycles. The second kappa shape index (κ2) is 7.10. The van der Waals surface area contributed by atoms with Gasteiger partial charge in [0.05, 0.1) is 5.69 Å². The zero-order chi connectivity index (χ0) is 15.5. The summed E-state index contributed by atoms with van der Waals surface area (Å²) in [6.45, 7) is 15.7. The number of nitrogens with one attached hydrogen (secondary N) is 1. The van der Waals surface area contributed by atoms with Crippen molar-refractivity contribution in [1.29, 1.82) is 0 Å². The second-order valence-corrected chi connectivity index (χ2v) is 8.33. The van der Waals surface area contributed by atoms with Crippen molar-refractivity contribution in [3.63, 3.8) is 0 Å². The van der Waals surface area contributed by atoms with E-state index >= 15 is 0 Å². The van der Waals surface area contributed by atoms with E-state index in [0.29, 0.717) is 5.41 Å². The third-order valence-corrected chi connectivity index (χ3v) is 5.86. The van der Waals surface area contributed by atoms with Crippen LogP contribution in [0.1, 0.15) is 57.5 Å². The van der Waals surface area contributed by atoms with Gasteiger partial charge < -0.3 is 10.2 Å². The quantitative estimate of drug-likeness (QED) is 0.903. The second-order valence-electron chi connectivity index (χ2n) is 7.27. The minimum absolute atomic E-state index is 0.436. The maximum absolute atomic E-state index is 4.82. The average Bonchev–Trinajstić information content (AvgIpc) is 2.64. The summed E-state index contributed by atoms with van der Waals surface area (Å²) in [5.74, 6) is 0.838. The van der Waals surface area contributed by atoms with Crippen LogP contribution in [0.25, 0.3) is 0 Å². The Morgan fingerprint density at radius 1 is 1.29 bits per heavy atom. The van der Waals surface area contributed by atoms with Gasteiger partial charge in [-0.05, 0) is 44.1 Å². The number of hydrogen-bond donors (Lipinski definition) is 1. The van der Waals surface area contributed by atoms with Crippen LogP contribution >= 0.6 is 11.3 Å². The highest BCUT2D eigenvalue weighted by molar-refractivity contribution is 7.15. The first kappa shape index (κ1) is 16.8. The summed E-state index contributed by atoms with van der Waals surface area (Å²) in [7, 11) is 0. The number of anilines is 1. The Morgan fingerprint density at radius 3 is 2.71 bits per heavy atom. The summed E-state index contributed by atoms with van der Waals surface area (Å²) < 4.78 is 0. The molecule has 2 heterocycles. The highest BCUT2D eigenvalue weighted by atomic mass is 32.1. The van der Waals surface area contributed by atoms with Crippen LogP contribution in [-0.2, 0) is 6.54 Å². The first-order chi connectivity index (χ1) is 9.91. The summed E-state index contributed by atoms with van der Waals surface area (Å²) in [6.07, 6.45) is 3.95. The van der Waals surface area contributed by atoms with Crippen molar-refractivity contribution in [2.45, 2.75) is 60.4 Å². The van der Waals surface area contributed by atoms with E-state index in [1.54, 1.807) is 0 Å². The summed E-state index contributed by atoms with van der Waals surface area (Å²) in [5, 5.41) is 4.64. The Bertz CT molecular complexity index is 447. The van der Waals surface area contributed by atoms with Gasteiger partial charge in [-0.15, -0.1) is 11.3 Å². The van der Waals surface area contributed by atoms with Crippen LogP contribution in [0.5, 0.6) is 0 Å². The molecule has 0 saturated carbocycles. The lowest BCUT2D eigenvalue weighted by Crippen LogP contribution is -2.25. The highest BCUT2D eigenvalue weighted by Gasteiger charge is 2.28. The van der Waals surface area contributed by atoms with E-state index in [0.717, 1.165) is 25.6 Å². The smallest absolute Gasteiger partial charge is 0.185 e. The standard InChI is InChI=1S/C17H31N3S/c1-6-18-12-15-13(2)19-16(21-15)20-10-7-8-14(9-11-20)17(3,4)5/h14,18H,6-12H2,1-5H3. The molecule has 0 aliphatic carbocycles. The van der Waals surface area contributed by atoms with Crippen molar-refractivity contribution in [1.82, 2.24) is 10.3 Å². The first-order valence-corrected chi connectivity index (χ1v) is 9.15. The van der Waals surface area contributed by atoms with Gasteiger partial charge in [0, 0.05) is 24.5 Å². The molecule has 21 heavy (non-hydrogen) atoms. The molecular weight excluding hydrogens is 278 g/mol. The Kier molecular flexibility index (Phi) is 5.67. The van der Waals surface area contributed by atoms with Crippen molar-refractivity contribution in [2.75, 3.05) is 24.5 Å². The molecule has 1 aromatic rings. The molecule has 1 aromatic heterocycles. The number of aryl methyl sites for hydroxylation is 1. The van der Waals surface area contributed by atoms with Gasteiger partial charge in [0.2, 0.25) is 0 Å². The van der Waals surface area contributed by atoms with Gasteiger partial charge in [0.25, 0.3) is 0 Å². The number of aromatic nitrogens is 1. The molecule has 0 amide bonds. The predicted octanol–water partition coefficient (Wildman–Crippen LogP) is 4.21. The van der Waals surface area contributed by atoms with Crippen molar-refractivity contribution in [3.8, 4) is 0 Å². The van der Waals surface area contributed by atoms with Gasteiger partial charge in [0.1, 0.15) is 0 Å². The Morgan fingerprint density at radius 2 is 2.05 bits per heavy atom. The lowest BCUT2D eigenvalue weighted by atomic mass is 9.77. The van der Waals surface area contributed by atoms with E-state index in [4.69, 9.17) is 4.98 Å². The van der Waals surface area contributed by atoms with Gasteiger partial charge in [-0.3, -0.25) is 0 Å². The topological polar surface area (TPSA) is 28.2 Å². The van der Waals surface area contributed by atoms with Gasteiger partial charge in [-0.25, -0.2) is 4.98 Å². The third-order valence-electron chi connectivity index (χ3n) is 4.64. The number of hydrogen-bond acceptors (Lipinski definition) is 4. The van der Waals surface area contributed by atoms with Crippen molar-refractivity contribution in [3.05, 3.63) is 10.6 Å². The van der Waals surface area contributed by atoms with E-state index < -0.39 is 0 Å². The Hall–Kier alpha value is -0.610. The molecule has 120 valence electrons. The van der Waals surface area contributed by atoms with E-state index in [2.05, 4.69) is 44.8 Å². The lowest BCUT2D eigenvalue weighted by Gasteiger charge is -2.29. The molecule has 1 unspecified atom stereocenters. The molecule has 0 radical (unpaired) electrons. The zero-order valence-corrected chi connectivity index (χ0v) is 15.1. The van der Waals surface area contributed by atoms with Gasteiger partial charge in [0.15, 0.2) is 5.13 Å². The fraction of sp³-hybridized carbons (Fsp3) is 0.824. The SMILES string of the molecule is CCNCc1sc(N2CCCC(C(C)(C)C)CC2)nc1C. The van der Waals surface area contributed by atoms with Crippen LogP contribution in [0, 0.1) is 18.3 Å². The zero-order valence-electron chi connectivity index (χ0n) is 14.3. The Labute approximate surface area is 134 Å². The van der Waals surface area contributed by atoms with Crippen LogP contribution in [0.4, 0.5) is 5.13 Å². The van der Waals surface area contributed by atoms with Crippen molar-refractivity contribution >= 4 is 16.5 Å². The Balaban J connectivity index is 2.02. The molecule has 0 spiro atoms. The monoisotopic (exact) mass is 309 g/mol. The fourth-order valence-corrected chi connectivity index (χ4v) is 4.19. The van der Waals surface area contributed by atoms with Crippen LogP contribution in [-0.4, -0.2) is 24.6 Å². The van der Waals surface area contributed by atoms with Crippen molar-refractivity contribution < 1.29 is 0 Å². The largest absolute Gasteiger partial charge is 0.348 e. The van der Waals surface area contributed by atoms with Crippen LogP contribution < -0.4 is 10.2 Å². The fourth-order valence-electron chi connectivity index (χ4n) is 3.10. The molecule has 1 fully saturated rings. The minimum Gasteiger partial charge on any atom is -0.348 e. The molecule has 4 heteroatoms. The van der Waals surface area contributed by atoms with E-state index in [1.165, 1.54) is 41.5 Å². The normalized spacial score (nSPS) is 20.6. The summed E-state index contributed by atoms with van der Waals surface area (Å²) >= 11 is 1.88. The minimum atomic E-state index is 0.436. The van der Waals surface area contributed by atoms with Crippen LogP contribution in [0.15, 0.2) is 0 Å². The molecular formula is C17H31N3S. The molecule has 2 rings (SSSR count). The van der Waals surface area contributed by atoms with Gasteiger partial charge in [-0.2, -0.15) is 0 Å². The van der Waals surface area contributed by atoms with Gasteiger partial charge >= 0.3 is 0 Å². The molecule has 1 atom stereocenters. The van der Waals surface area contributed by atoms with Crippen LogP contribution in [0.3, 0.4) is 0 Å². The van der Waals surface area contributed by atoms with Crippen LogP contribution in [0.2, 0.25) is 0 Å². The number of rotatable bonds is 4. The van der Waals surface area contributed by atoms with E-state index in [9.17, 15) is 0 Å². The summed E-state index contributed by atoms with van der Waals surface area (Å²) in [4.78, 5) is 8.73. The summed E-state index contributed by atoms with van der Waals surface area (Å²) in [6, 6.07) is 0. The molecule has 3 nitrogen and oxygen atoms in total. The number of thiazole rings is 1. The van der Waals surface area contributed by atoms with Gasteiger partial charge in [-0.1, -0.05) is 27.7 Å². The first-order valence-electron chi connectivity index (χ1n) is 8.33. The number of nitrogens with zero attached hydrogens (tertiary/aromatic N) is 2. The average molecular weight is 310 g/mol. The molecule has 0 bridgehead atoms. The molecule has 1 aliphatic rings. The van der Waals surface area contributed by atoms with Crippen molar-refractivity contribution in [2.24, 2.45) is 11.3 Å². The predicted molar refractivity (Wildman–Crippen MR) is 93.2 cm³/mol. The highest BCUT2D eigenvalue weighted by Crippen LogP contribution is 2.36. The van der Waals surface area contributed by atoms with E-state index in [1.807, 2.05) is 11.3 Å². The summed E-state index contributed by atoms with van der Waals surface area (Å²) in [5.41, 5.74) is 1.64. The molecule has 1 aliphatic heterocycles. The third kappa shape index (κ3) is 4.43. The van der Waals surface area contributed by atoms with E-state index in [-0.39, 0.29) is 0 Å². The maximum Gasteiger partial charge on any atom is 0.185 e. The molecule has 1 N–H and O–H groups in total. The lowest BCUT2D eigenvalue weighted by molar-refractivity contribution is 0.220.